The Labute approximate surface area is 181 Å². The number of hydrogen-bond donors (Lipinski definition) is 5. The highest BCUT2D eigenvalue weighted by molar-refractivity contribution is 7.58. The highest BCUT2D eigenvalue weighted by atomic mass is 31.2. The van der Waals surface area contributed by atoms with Crippen molar-refractivity contribution >= 4 is 19.2 Å². The number of aliphatic hydroxyl groups excluding tert-OH is 1. The molecule has 176 valence electrons. The Morgan fingerprint density at radius 2 is 1.73 bits per heavy atom. The Morgan fingerprint density at radius 1 is 1.13 bits per heavy atom. The lowest BCUT2D eigenvalue weighted by Gasteiger charge is -2.27. The second-order valence-corrected chi connectivity index (χ2v) is 11.7. The van der Waals surface area contributed by atoms with E-state index < -0.39 is 37.4 Å². The third-order valence-corrected chi connectivity index (χ3v) is 8.17. The molecule has 0 radical (unpaired) electrons. The fourth-order valence-electron chi connectivity index (χ4n) is 3.82. The van der Waals surface area contributed by atoms with E-state index >= 15 is 0 Å². The van der Waals surface area contributed by atoms with Crippen LogP contribution in [-0.2, 0) is 14.2 Å². The molecule has 1 rings (SSSR count). The van der Waals surface area contributed by atoms with Crippen LogP contribution in [0, 0.1) is 17.8 Å². The minimum atomic E-state index is -3.46. The Hall–Kier alpha value is -0.950. The maximum atomic E-state index is 12.6. The van der Waals surface area contributed by atoms with Crippen molar-refractivity contribution in [2.75, 3.05) is 18.9 Å². The van der Waals surface area contributed by atoms with Gasteiger partial charge in [-0.2, -0.15) is 0 Å². The van der Waals surface area contributed by atoms with Crippen molar-refractivity contribution in [3.05, 3.63) is 0 Å². The third-order valence-electron chi connectivity index (χ3n) is 6.09. The maximum Gasteiger partial charge on any atom is 0.242 e. The topological polar surface area (TPSA) is 142 Å². The van der Waals surface area contributed by atoms with Gasteiger partial charge in [-0.05, 0) is 30.6 Å². The summed E-state index contributed by atoms with van der Waals surface area (Å²) in [7, 11) is -3.46. The molecule has 0 aromatic carbocycles. The molecule has 0 bridgehead atoms. The number of nitrogens with one attached hydrogen (secondary N) is 2. The average Bonchev–Trinajstić information content (AvgIpc) is 2.68. The number of rotatable bonds is 12. The van der Waals surface area contributed by atoms with Crippen molar-refractivity contribution in [1.82, 2.24) is 10.6 Å². The summed E-state index contributed by atoms with van der Waals surface area (Å²) in [5.74, 6) is -0.756. The zero-order valence-electron chi connectivity index (χ0n) is 19.0. The summed E-state index contributed by atoms with van der Waals surface area (Å²) in [5, 5.41) is 15.6. The molecule has 0 aromatic heterocycles. The molecule has 9 heteroatoms. The summed E-state index contributed by atoms with van der Waals surface area (Å²) in [6, 6.07) is -1.49. The van der Waals surface area contributed by atoms with Crippen molar-refractivity contribution in [2.24, 2.45) is 23.5 Å². The molecule has 0 saturated heterocycles. The molecular formula is C21H42N3O5P. The van der Waals surface area contributed by atoms with Gasteiger partial charge in [0.1, 0.15) is 6.04 Å². The van der Waals surface area contributed by atoms with Crippen LogP contribution in [0.2, 0.25) is 0 Å². The van der Waals surface area contributed by atoms with Crippen LogP contribution in [0.25, 0.3) is 0 Å². The molecule has 1 aliphatic rings. The molecule has 5 atom stereocenters. The molecular weight excluding hydrogens is 405 g/mol. The van der Waals surface area contributed by atoms with E-state index in [0.717, 1.165) is 25.7 Å². The summed E-state index contributed by atoms with van der Waals surface area (Å²) in [6.45, 7) is 7.31. The van der Waals surface area contributed by atoms with E-state index in [1.807, 2.05) is 27.7 Å². The van der Waals surface area contributed by atoms with Gasteiger partial charge in [-0.1, -0.05) is 53.4 Å². The Morgan fingerprint density at radius 3 is 2.27 bits per heavy atom. The van der Waals surface area contributed by atoms with Crippen LogP contribution < -0.4 is 16.4 Å². The van der Waals surface area contributed by atoms with Crippen molar-refractivity contribution < 1.29 is 24.2 Å². The molecule has 1 aliphatic carbocycles. The van der Waals surface area contributed by atoms with E-state index in [9.17, 15) is 24.2 Å². The summed E-state index contributed by atoms with van der Waals surface area (Å²) in [5.41, 5.74) is 5.88. The summed E-state index contributed by atoms with van der Waals surface area (Å²) in [4.78, 5) is 35.2. The average molecular weight is 448 g/mol. The predicted octanol–water partition coefficient (Wildman–Crippen LogP) is 1.83. The molecule has 5 unspecified atom stereocenters. The van der Waals surface area contributed by atoms with E-state index in [4.69, 9.17) is 5.73 Å². The maximum absolute atomic E-state index is 12.6. The molecule has 6 N–H and O–H groups in total. The standard InChI is InChI=1S/C21H42N3O5P/c1-5-15(4)19(24-20(26)18(22)14(2)3)21(27)23-11-17(25)13-30(28,29)12-16-9-7-6-8-10-16/h14-19,25H,5-13,22H2,1-4H3,(H,23,27)(H,24,26)(H,28,29). The van der Waals surface area contributed by atoms with Crippen LogP contribution in [0.1, 0.15) is 66.2 Å². The number of nitrogens with two attached hydrogens (primary N) is 1. The second-order valence-electron chi connectivity index (χ2n) is 9.26. The molecule has 0 aliphatic heterocycles. The predicted molar refractivity (Wildman–Crippen MR) is 119 cm³/mol. The van der Waals surface area contributed by atoms with Gasteiger partial charge in [0.15, 0.2) is 0 Å². The minimum absolute atomic E-state index is 0.0599. The van der Waals surface area contributed by atoms with E-state index in [-0.39, 0.29) is 36.6 Å². The van der Waals surface area contributed by atoms with Crippen LogP contribution in [0.15, 0.2) is 0 Å². The Balaban J connectivity index is 2.57. The van der Waals surface area contributed by atoms with Gasteiger partial charge in [0, 0.05) is 12.7 Å². The van der Waals surface area contributed by atoms with E-state index in [2.05, 4.69) is 10.6 Å². The number of hydrogen-bond acceptors (Lipinski definition) is 5. The van der Waals surface area contributed by atoms with Gasteiger partial charge in [0.2, 0.25) is 19.2 Å². The minimum Gasteiger partial charge on any atom is -0.391 e. The van der Waals surface area contributed by atoms with Gasteiger partial charge in [-0.15, -0.1) is 0 Å². The molecule has 30 heavy (non-hydrogen) atoms. The normalized spacial score (nSPS) is 21.3. The first-order valence-electron chi connectivity index (χ1n) is 11.3. The van der Waals surface area contributed by atoms with Gasteiger partial charge in [-0.3, -0.25) is 14.2 Å². The van der Waals surface area contributed by atoms with Crippen LogP contribution in [-0.4, -0.2) is 58.9 Å². The van der Waals surface area contributed by atoms with Gasteiger partial charge >= 0.3 is 0 Å². The molecule has 8 nitrogen and oxygen atoms in total. The number of amides is 2. The summed E-state index contributed by atoms with van der Waals surface area (Å²) >= 11 is 0. The van der Waals surface area contributed by atoms with E-state index in [0.29, 0.717) is 6.42 Å². The lowest BCUT2D eigenvalue weighted by molar-refractivity contribution is -0.131. The molecule has 0 spiro atoms. The van der Waals surface area contributed by atoms with Crippen LogP contribution >= 0.6 is 7.37 Å². The molecule has 1 fully saturated rings. The van der Waals surface area contributed by atoms with Crippen molar-refractivity contribution in [2.45, 2.75) is 84.4 Å². The lowest BCUT2D eigenvalue weighted by atomic mass is 9.91. The fourth-order valence-corrected chi connectivity index (χ4v) is 5.93. The Kier molecular flexibility index (Phi) is 11.6. The van der Waals surface area contributed by atoms with Crippen molar-refractivity contribution in [1.29, 1.82) is 0 Å². The fraction of sp³-hybridized carbons (Fsp3) is 0.905. The van der Waals surface area contributed by atoms with Crippen molar-refractivity contribution in [3.8, 4) is 0 Å². The first-order valence-corrected chi connectivity index (χ1v) is 13.3. The zero-order valence-corrected chi connectivity index (χ0v) is 19.9. The highest BCUT2D eigenvalue weighted by Gasteiger charge is 2.31. The lowest BCUT2D eigenvalue weighted by Crippen LogP contribution is -2.55. The van der Waals surface area contributed by atoms with Crippen LogP contribution in [0.3, 0.4) is 0 Å². The van der Waals surface area contributed by atoms with Gasteiger partial charge in [0.05, 0.1) is 18.3 Å². The molecule has 0 aromatic rings. The zero-order chi connectivity index (χ0) is 22.9. The molecule has 2 amide bonds. The first kappa shape index (κ1) is 27.1. The third kappa shape index (κ3) is 9.46. The summed E-state index contributed by atoms with van der Waals surface area (Å²) in [6.07, 6.45) is 4.85. The number of carbonyl (C=O) groups excluding carboxylic acids is 2. The van der Waals surface area contributed by atoms with Crippen molar-refractivity contribution in [3.63, 3.8) is 0 Å². The monoisotopic (exact) mass is 447 g/mol. The van der Waals surface area contributed by atoms with Gasteiger partial charge < -0.3 is 26.4 Å². The van der Waals surface area contributed by atoms with E-state index in [1.165, 1.54) is 6.42 Å². The summed E-state index contributed by atoms with van der Waals surface area (Å²) < 4.78 is 12.5. The smallest absolute Gasteiger partial charge is 0.242 e. The highest BCUT2D eigenvalue weighted by Crippen LogP contribution is 2.45. The number of carbonyl (C=O) groups is 2. The van der Waals surface area contributed by atoms with E-state index in [1.54, 1.807) is 0 Å². The first-order chi connectivity index (χ1) is 14.0. The van der Waals surface area contributed by atoms with Crippen LogP contribution in [0.5, 0.6) is 0 Å². The van der Waals surface area contributed by atoms with Crippen LogP contribution in [0.4, 0.5) is 0 Å². The quantitative estimate of drug-likeness (QED) is 0.289. The largest absolute Gasteiger partial charge is 0.391 e. The number of aliphatic hydroxyl groups is 1. The Bertz CT molecular complexity index is 595. The van der Waals surface area contributed by atoms with Gasteiger partial charge in [-0.25, -0.2) is 0 Å². The van der Waals surface area contributed by atoms with Gasteiger partial charge in [0.25, 0.3) is 0 Å². The molecule has 0 heterocycles. The second kappa shape index (κ2) is 12.8. The SMILES string of the molecule is CCC(C)C(NC(=O)C(N)C(C)C)C(=O)NCC(O)CP(=O)(O)CC1CCCCC1. The molecule has 1 saturated carbocycles.